The molecule has 0 amide bonds. The highest BCUT2D eigenvalue weighted by atomic mass is 31.1. The molecule has 27 heavy (non-hydrogen) atoms. The molecule has 0 aromatic heterocycles. The third kappa shape index (κ3) is 5.75. The van der Waals surface area contributed by atoms with Crippen LogP contribution in [0.25, 0.3) is 0 Å². The van der Waals surface area contributed by atoms with Crippen LogP contribution in [0, 0.1) is 0 Å². The maximum absolute atomic E-state index is 4.91. The summed E-state index contributed by atoms with van der Waals surface area (Å²) in [5.74, 6) is 0.955. The van der Waals surface area contributed by atoms with Crippen molar-refractivity contribution in [3.8, 4) is 0 Å². The Kier molecular flexibility index (Phi) is 7.15. The second-order valence-electron chi connectivity index (χ2n) is 6.52. The highest BCUT2D eigenvalue weighted by molar-refractivity contribution is 7.71. The molecule has 0 atom stereocenters. The van der Waals surface area contributed by atoms with E-state index in [1.54, 1.807) is 0 Å². The van der Waals surface area contributed by atoms with Crippen molar-refractivity contribution in [2.75, 3.05) is 27.2 Å². The third-order valence-electron chi connectivity index (χ3n) is 4.11. The molecule has 138 valence electrons. The maximum Gasteiger partial charge on any atom is 0.132 e. The molecular weight excluding hydrogens is 349 g/mol. The summed E-state index contributed by atoms with van der Waals surface area (Å²) in [4.78, 5) is 7.06. The van der Waals surface area contributed by atoms with Gasteiger partial charge in [0.2, 0.25) is 0 Å². The van der Waals surface area contributed by atoms with Gasteiger partial charge in [0.15, 0.2) is 0 Å². The number of nitrogens with zero attached hydrogens (tertiary/aromatic N) is 2. The molecule has 0 bridgehead atoms. The highest BCUT2D eigenvalue weighted by Gasteiger charge is 2.16. The fraction of sp³-hybridized carbons (Fsp3) is 0.174. The molecule has 4 heteroatoms. The molecule has 0 aliphatic rings. The smallest absolute Gasteiger partial charge is 0.132 e. The lowest BCUT2D eigenvalue weighted by Crippen LogP contribution is -2.30. The van der Waals surface area contributed by atoms with Crippen LogP contribution in [0.2, 0.25) is 0 Å². The summed E-state index contributed by atoms with van der Waals surface area (Å²) in [6.07, 6.45) is 0. The molecule has 0 aliphatic carbocycles. The SMILES string of the molecule is CN(C)CC/N=C(/NP(c1ccccc1)c1ccccc1)c1ccccc1. The maximum atomic E-state index is 4.91. The molecule has 0 saturated heterocycles. The lowest BCUT2D eigenvalue weighted by atomic mass is 10.2. The van der Waals surface area contributed by atoms with E-state index in [0.29, 0.717) is 0 Å². The van der Waals surface area contributed by atoms with Gasteiger partial charge < -0.3 is 9.99 Å². The minimum Gasteiger partial charge on any atom is -0.341 e. The number of benzene rings is 3. The first-order valence-corrected chi connectivity index (χ1v) is 10.5. The van der Waals surface area contributed by atoms with E-state index in [1.165, 1.54) is 10.6 Å². The first-order valence-electron chi connectivity index (χ1n) is 9.15. The molecule has 0 heterocycles. The van der Waals surface area contributed by atoms with Crippen LogP contribution in [-0.2, 0) is 0 Å². The van der Waals surface area contributed by atoms with Crippen LogP contribution in [-0.4, -0.2) is 37.9 Å². The number of aliphatic imine (C=N–C) groups is 1. The largest absolute Gasteiger partial charge is 0.341 e. The zero-order valence-electron chi connectivity index (χ0n) is 15.9. The van der Waals surface area contributed by atoms with Crippen LogP contribution >= 0.6 is 8.07 Å². The number of hydrogen-bond donors (Lipinski definition) is 1. The van der Waals surface area contributed by atoms with Gasteiger partial charge >= 0.3 is 0 Å². The second-order valence-corrected chi connectivity index (χ2v) is 8.45. The standard InChI is InChI=1S/C23H26N3P/c1-26(2)19-18-24-23(20-12-6-3-7-13-20)25-27(21-14-8-4-9-15-21)22-16-10-5-11-17-22/h3-17H,18-19H2,1-2H3,(H,24,25). The van der Waals surface area contributed by atoms with Gasteiger partial charge in [0.05, 0.1) is 14.6 Å². The molecule has 1 N–H and O–H groups in total. The van der Waals surface area contributed by atoms with Crippen molar-refractivity contribution in [2.24, 2.45) is 4.99 Å². The molecule has 0 radical (unpaired) electrons. The van der Waals surface area contributed by atoms with E-state index >= 15 is 0 Å². The average molecular weight is 375 g/mol. The van der Waals surface area contributed by atoms with Gasteiger partial charge in [-0.25, -0.2) is 0 Å². The van der Waals surface area contributed by atoms with Crippen LogP contribution in [0.5, 0.6) is 0 Å². The normalized spacial score (nSPS) is 11.8. The number of amidine groups is 1. The van der Waals surface area contributed by atoms with Crippen LogP contribution in [0.1, 0.15) is 5.56 Å². The van der Waals surface area contributed by atoms with E-state index in [9.17, 15) is 0 Å². The van der Waals surface area contributed by atoms with Crippen LogP contribution < -0.4 is 15.7 Å². The Hall–Kier alpha value is -2.48. The topological polar surface area (TPSA) is 27.6 Å². The third-order valence-corrected chi connectivity index (χ3v) is 6.18. The summed E-state index contributed by atoms with van der Waals surface area (Å²) < 4.78 is 0. The van der Waals surface area contributed by atoms with E-state index in [-0.39, 0.29) is 0 Å². The highest BCUT2D eigenvalue weighted by Crippen LogP contribution is 2.29. The second kappa shape index (κ2) is 10.0. The Morgan fingerprint density at radius 3 is 1.74 bits per heavy atom. The fourth-order valence-corrected chi connectivity index (χ4v) is 4.60. The number of likely N-dealkylation sites (N-methyl/N-ethyl adjacent to an activating group) is 1. The zero-order chi connectivity index (χ0) is 18.9. The zero-order valence-corrected chi connectivity index (χ0v) is 16.8. The molecule has 0 spiro atoms. The van der Waals surface area contributed by atoms with Gasteiger partial charge in [-0.15, -0.1) is 0 Å². The number of hydrogen-bond acceptors (Lipinski definition) is 2. The molecule has 3 rings (SSSR count). The molecule has 3 aromatic rings. The van der Waals surface area contributed by atoms with Crippen molar-refractivity contribution < 1.29 is 0 Å². The Morgan fingerprint density at radius 1 is 0.778 bits per heavy atom. The van der Waals surface area contributed by atoms with Crippen LogP contribution in [0.4, 0.5) is 0 Å². The van der Waals surface area contributed by atoms with Gasteiger partial charge in [-0.2, -0.15) is 0 Å². The van der Waals surface area contributed by atoms with Crippen molar-refractivity contribution in [3.05, 3.63) is 96.6 Å². The number of nitrogens with one attached hydrogen (secondary N) is 1. The first kappa shape index (κ1) is 19.3. The van der Waals surface area contributed by atoms with E-state index < -0.39 is 8.07 Å². The average Bonchev–Trinajstić information content (AvgIpc) is 2.72. The Labute approximate surface area is 163 Å². The van der Waals surface area contributed by atoms with Gasteiger partial charge in [-0.05, 0) is 14.1 Å². The van der Waals surface area contributed by atoms with Crippen molar-refractivity contribution in [1.29, 1.82) is 0 Å². The van der Waals surface area contributed by atoms with E-state index in [0.717, 1.165) is 24.5 Å². The summed E-state index contributed by atoms with van der Waals surface area (Å²) in [6.45, 7) is 1.68. The van der Waals surface area contributed by atoms with E-state index in [1.807, 2.05) is 6.07 Å². The predicted octanol–water partition coefficient (Wildman–Crippen LogP) is 3.63. The number of rotatable bonds is 7. The van der Waals surface area contributed by atoms with Gasteiger partial charge in [0.25, 0.3) is 0 Å². The minimum atomic E-state index is -0.740. The molecule has 0 saturated carbocycles. The molecule has 0 aliphatic heterocycles. The molecule has 0 fully saturated rings. The van der Waals surface area contributed by atoms with Gasteiger partial charge in [-0.3, -0.25) is 4.99 Å². The van der Waals surface area contributed by atoms with Crippen LogP contribution in [0.15, 0.2) is 96.0 Å². The molecular formula is C23H26N3P. The summed E-state index contributed by atoms with van der Waals surface area (Å²) >= 11 is 0. The van der Waals surface area contributed by atoms with Crippen molar-refractivity contribution >= 4 is 24.5 Å². The fourth-order valence-electron chi connectivity index (χ4n) is 2.69. The Balaban J connectivity index is 1.94. The van der Waals surface area contributed by atoms with Crippen molar-refractivity contribution in [2.45, 2.75) is 0 Å². The lowest BCUT2D eigenvalue weighted by Gasteiger charge is -2.22. The quantitative estimate of drug-likeness (QED) is 0.388. The van der Waals surface area contributed by atoms with Crippen molar-refractivity contribution in [1.82, 2.24) is 9.99 Å². The molecule has 0 unspecified atom stereocenters. The van der Waals surface area contributed by atoms with Crippen LogP contribution in [0.3, 0.4) is 0 Å². The summed E-state index contributed by atoms with van der Waals surface area (Å²) in [7, 11) is 3.41. The summed E-state index contributed by atoms with van der Waals surface area (Å²) in [6, 6.07) is 31.7. The lowest BCUT2D eigenvalue weighted by molar-refractivity contribution is 0.420. The van der Waals surface area contributed by atoms with Gasteiger partial charge in [0, 0.05) is 22.7 Å². The van der Waals surface area contributed by atoms with Gasteiger partial charge in [0.1, 0.15) is 5.84 Å². The predicted molar refractivity (Wildman–Crippen MR) is 119 cm³/mol. The molecule has 3 nitrogen and oxygen atoms in total. The summed E-state index contributed by atoms with van der Waals surface area (Å²) in [5, 5.41) is 6.35. The minimum absolute atomic E-state index is 0.740. The van der Waals surface area contributed by atoms with Crippen molar-refractivity contribution in [3.63, 3.8) is 0 Å². The molecule has 3 aromatic carbocycles. The van der Waals surface area contributed by atoms with Gasteiger partial charge in [-0.1, -0.05) is 91.0 Å². The monoisotopic (exact) mass is 375 g/mol. The Morgan fingerprint density at radius 2 is 1.26 bits per heavy atom. The Bertz CT molecular complexity index is 794. The first-order chi connectivity index (χ1) is 13.2. The summed E-state index contributed by atoms with van der Waals surface area (Å²) in [5.41, 5.74) is 1.12. The van der Waals surface area contributed by atoms with E-state index in [4.69, 9.17) is 4.99 Å². The van der Waals surface area contributed by atoms with E-state index in [2.05, 4.69) is 109 Å².